The number of aryl methyl sites for hydroxylation is 1. The van der Waals surface area contributed by atoms with Gasteiger partial charge in [0.05, 0.1) is 5.56 Å². The Balaban J connectivity index is 2.28. The van der Waals surface area contributed by atoms with Crippen molar-refractivity contribution in [1.29, 1.82) is 0 Å². The average Bonchev–Trinajstić information content (AvgIpc) is 2.49. The van der Waals surface area contributed by atoms with Gasteiger partial charge < -0.3 is 4.74 Å². The van der Waals surface area contributed by atoms with E-state index in [1.165, 1.54) is 5.56 Å². The zero-order chi connectivity index (χ0) is 18.1. The summed E-state index contributed by atoms with van der Waals surface area (Å²) < 4.78 is 5.66. The molecule has 2 aromatic rings. The summed E-state index contributed by atoms with van der Waals surface area (Å²) in [4.78, 5) is 12.5. The Bertz CT molecular complexity index is 738. The standard InChI is InChI=1S/C21H25ClO2/c1-13(2)17-12-18(22)14(3)11-19(17)24-20(23)15-7-9-16(10-8-15)21(4,5)6/h7-13H,1-6H3. The molecule has 2 nitrogen and oxygen atoms in total. The number of esters is 1. The van der Waals surface area contributed by atoms with Gasteiger partial charge in [-0.1, -0.05) is 58.4 Å². The lowest BCUT2D eigenvalue weighted by Crippen LogP contribution is -2.13. The van der Waals surface area contributed by atoms with Crippen molar-refractivity contribution in [2.75, 3.05) is 0 Å². The average molecular weight is 345 g/mol. The zero-order valence-corrected chi connectivity index (χ0v) is 16.0. The first kappa shape index (κ1) is 18.5. The molecule has 0 spiro atoms. The Morgan fingerprint density at radius 2 is 1.67 bits per heavy atom. The van der Waals surface area contributed by atoms with Crippen LogP contribution in [-0.4, -0.2) is 5.97 Å². The number of rotatable bonds is 3. The second kappa shape index (κ2) is 6.98. The molecule has 0 fully saturated rings. The largest absolute Gasteiger partial charge is 0.423 e. The maximum atomic E-state index is 12.5. The lowest BCUT2D eigenvalue weighted by Gasteiger charge is -2.19. The van der Waals surface area contributed by atoms with Crippen molar-refractivity contribution >= 4 is 17.6 Å². The van der Waals surface area contributed by atoms with E-state index in [-0.39, 0.29) is 17.3 Å². The SMILES string of the molecule is Cc1cc(OC(=O)c2ccc(C(C)(C)C)cc2)c(C(C)C)cc1Cl. The minimum Gasteiger partial charge on any atom is -0.423 e. The second-order valence-corrected chi connectivity index (χ2v) is 7.92. The van der Waals surface area contributed by atoms with Crippen LogP contribution in [0.2, 0.25) is 5.02 Å². The minimum absolute atomic E-state index is 0.0561. The maximum Gasteiger partial charge on any atom is 0.343 e. The molecule has 0 atom stereocenters. The lowest BCUT2D eigenvalue weighted by molar-refractivity contribution is 0.0732. The fourth-order valence-electron chi connectivity index (χ4n) is 2.48. The molecule has 128 valence electrons. The van der Waals surface area contributed by atoms with Crippen molar-refractivity contribution < 1.29 is 9.53 Å². The van der Waals surface area contributed by atoms with Crippen LogP contribution in [0.4, 0.5) is 0 Å². The van der Waals surface area contributed by atoms with Crippen molar-refractivity contribution in [3.05, 3.63) is 63.7 Å². The molecule has 0 bridgehead atoms. The molecule has 0 aromatic heterocycles. The van der Waals surface area contributed by atoms with Gasteiger partial charge in [0.25, 0.3) is 0 Å². The van der Waals surface area contributed by atoms with Crippen molar-refractivity contribution in [2.24, 2.45) is 0 Å². The first-order valence-electron chi connectivity index (χ1n) is 8.22. The Labute approximate surface area is 149 Å². The number of carbonyl (C=O) groups excluding carboxylic acids is 1. The normalized spacial score (nSPS) is 11.7. The van der Waals surface area contributed by atoms with Gasteiger partial charge >= 0.3 is 5.97 Å². The summed E-state index contributed by atoms with van der Waals surface area (Å²) in [6.07, 6.45) is 0. The van der Waals surface area contributed by atoms with Crippen LogP contribution in [0.15, 0.2) is 36.4 Å². The van der Waals surface area contributed by atoms with E-state index in [4.69, 9.17) is 16.3 Å². The van der Waals surface area contributed by atoms with Gasteiger partial charge in [0.15, 0.2) is 0 Å². The molecule has 2 aromatic carbocycles. The van der Waals surface area contributed by atoms with E-state index in [1.54, 1.807) is 0 Å². The topological polar surface area (TPSA) is 26.3 Å². The van der Waals surface area contributed by atoms with Crippen LogP contribution < -0.4 is 4.74 Å². The molecule has 0 aliphatic carbocycles. The number of carbonyl (C=O) groups is 1. The third kappa shape index (κ3) is 4.18. The molecular weight excluding hydrogens is 320 g/mol. The summed E-state index contributed by atoms with van der Waals surface area (Å²) >= 11 is 6.20. The molecule has 0 saturated heterocycles. The summed E-state index contributed by atoms with van der Waals surface area (Å²) in [6.45, 7) is 12.4. The molecule has 24 heavy (non-hydrogen) atoms. The van der Waals surface area contributed by atoms with Gasteiger partial charge in [-0.05, 0) is 59.2 Å². The Morgan fingerprint density at radius 3 is 2.17 bits per heavy atom. The summed E-state index contributed by atoms with van der Waals surface area (Å²) in [5.41, 5.74) is 3.62. The van der Waals surface area contributed by atoms with Crippen LogP contribution in [0.3, 0.4) is 0 Å². The van der Waals surface area contributed by atoms with Gasteiger partial charge in [-0.15, -0.1) is 0 Å². The molecular formula is C21H25ClO2. The predicted octanol–water partition coefficient (Wildman–Crippen LogP) is 6.29. The number of hydrogen-bond acceptors (Lipinski definition) is 2. The highest BCUT2D eigenvalue weighted by atomic mass is 35.5. The number of ether oxygens (including phenoxy) is 1. The molecule has 0 amide bonds. The summed E-state index contributed by atoms with van der Waals surface area (Å²) in [7, 11) is 0. The fourth-order valence-corrected chi connectivity index (χ4v) is 2.65. The monoisotopic (exact) mass is 344 g/mol. The number of hydrogen-bond donors (Lipinski definition) is 0. The first-order valence-corrected chi connectivity index (χ1v) is 8.60. The number of halogens is 1. The Hall–Kier alpha value is -1.80. The van der Waals surface area contributed by atoms with Crippen molar-refractivity contribution in [3.63, 3.8) is 0 Å². The van der Waals surface area contributed by atoms with Crippen LogP contribution in [0, 0.1) is 6.92 Å². The minimum atomic E-state index is -0.348. The maximum absolute atomic E-state index is 12.5. The molecule has 0 heterocycles. The molecule has 0 aliphatic rings. The highest BCUT2D eigenvalue weighted by Crippen LogP contribution is 2.32. The molecule has 2 rings (SSSR count). The van der Waals surface area contributed by atoms with Gasteiger partial charge in [0, 0.05) is 5.02 Å². The van der Waals surface area contributed by atoms with Crippen LogP contribution >= 0.6 is 11.6 Å². The second-order valence-electron chi connectivity index (χ2n) is 7.51. The third-order valence-corrected chi connectivity index (χ3v) is 4.51. The van der Waals surface area contributed by atoms with Crippen LogP contribution in [0.5, 0.6) is 5.75 Å². The van der Waals surface area contributed by atoms with Gasteiger partial charge in [-0.25, -0.2) is 4.79 Å². The van der Waals surface area contributed by atoms with Crippen molar-refractivity contribution in [3.8, 4) is 5.75 Å². The van der Waals surface area contributed by atoms with Crippen LogP contribution in [0.1, 0.15) is 67.6 Å². The first-order chi connectivity index (χ1) is 11.1. The highest BCUT2D eigenvalue weighted by Gasteiger charge is 2.17. The number of benzene rings is 2. The van der Waals surface area contributed by atoms with E-state index < -0.39 is 0 Å². The van der Waals surface area contributed by atoms with Gasteiger partial charge in [0.1, 0.15) is 5.75 Å². The predicted molar refractivity (Wildman–Crippen MR) is 100 cm³/mol. The molecule has 0 saturated carbocycles. The molecule has 3 heteroatoms. The molecule has 0 aliphatic heterocycles. The molecule has 0 unspecified atom stereocenters. The van der Waals surface area contributed by atoms with E-state index in [1.807, 2.05) is 43.3 Å². The third-order valence-electron chi connectivity index (χ3n) is 4.10. The zero-order valence-electron chi connectivity index (χ0n) is 15.2. The van der Waals surface area contributed by atoms with E-state index >= 15 is 0 Å². The smallest absolute Gasteiger partial charge is 0.343 e. The Morgan fingerprint density at radius 1 is 1.08 bits per heavy atom. The van der Waals surface area contributed by atoms with Gasteiger partial charge in [-0.2, -0.15) is 0 Å². The highest BCUT2D eigenvalue weighted by molar-refractivity contribution is 6.31. The van der Waals surface area contributed by atoms with E-state index in [2.05, 4.69) is 34.6 Å². The van der Waals surface area contributed by atoms with Crippen LogP contribution in [0.25, 0.3) is 0 Å². The van der Waals surface area contributed by atoms with Crippen molar-refractivity contribution in [1.82, 2.24) is 0 Å². The quantitative estimate of drug-likeness (QED) is 0.483. The Kier molecular flexibility index (Phi) is 5.39. The van der Waals surface area contributed by atoms with E-state index in [0.29, 0.717) is 16.3 Å². The van der Waals surface area contributed by atoms with Crippen LogP contribution in [-0.2, 0) is 5.41 Å². The lowest BCUT2D eigenvalue weighted by atomic mass is 9.87. The van der Waals surface area contributed by atoms with Gasteiger partial charge in [0.2, 0.25) is 0 Å². The van der Waals surface area contributed by atoms with Gasteiger partial charge in [-0.3, -0.25) is 0 Å². The summed E-state index contributed by atoms with van der Waals surface area (Å²) in [6, 6.07) is 11.3. The summed E-state index contributed by atoms with van der Waals surface area (Å²) in [5.74, 6) is 0.449. The van der Waals surface area contributed by atoms with E-state index in [9.17, 15) is 4.79 Å². The molecule has 0 radical (unpaired) electrons. The summed E-state index contributed by atoms with van der Waals surface area (Å²) in [5, 5.41) is 0.688. The molecule has 0 N–H and O–H groups in total. The van der Waals surface area contributed by atoms with Crippen molar-refractivity contribution in [2.45, 2.75) is 52.9 Å². The fraction of sp³-hybridized carbons (Fsp3) is 0.381. The van der Waals surface area contributed by atoms with E-state index in [0.717, 1.165) is 11.1 Å².